The van der Waals surface area contributed by atoms with Gasteiger partial charge in [-0.25, -0.2) is 14.2 Å². The molecule has 0 spiro atoms. The van der Waals surface area contributed by atoms with Crippen molar-refractivity contribution in [1.82, 2.24) is 4.57 Å². The van der Waals surface area contributed by atoms with E-state index in [0.717, 1.165) is 11.1 Å². The molecule has 0 aliphatic carbocycles. The van der Waals surface area contributed by atoms with Gasteiger partial charge in [-0.2, -0.15) is 0 Å². The lowest BCUT2D eigenvalue weighted by atomic mass is 9.93. The fourth-order valence-corrected chi connectivity index (χ4v) is 6.78. The molecule has 2 heterocycles. The number of hydrogen-bond acceptors (Lipinski definition) is 7. The van der Waals surface area contributed by atoms with E-state index in [0.29, 0.717) is 60.2 Å². The number of carbonyl (C=O) groups excluding carboxylic acids is 1. The van der Waals surface area contributed by atoms with E-state index in [4.69, 9.17) is 14.2 Å². The molecule has 1 aliphatic heterocycles. The zero-order valence-corrected chi connectivity index (χ0v) is 28.1. The molecule has 5 rings (SSSR count). The van der Waals surface area contributed by atoms with E-state index < -0.39 is 12.0 Å². The van der Waals surface area contributed by atoms with Gasteiger partial charge in [0.05, 0.1) is 39.5 Å². The Labute approximate surface area is 273 Å². The monoisotopic (exact) mass is 692 g/mol. The Kier molecular flexibility index (Phi) is 10.0. The standard InChI is InChI=1S/C35H34BrFN2O5S/c1-6-42-28-17-22(16-26(36)32(28)44-19-25-10-8-9-11-27(25)37)18-29-33(40)39-31(24-14-12-23(13-15-24)20(3)4)30(34(41)43-7-2)21(5)38-35(39)45-29/h8-18,20,31H,6-7,19H2,1-5H3. The molecule has 7 nitrogen and oxygen atoms in total. The van der Waals surface area contributed by atoms with Crippen LogP contribution in [-0.2, 0) is 16.1 Å². The fourth-order valence-electron chi connectivity index (χ4n) is 5.16. The second-order valence-electron chi connectivity index (χ2n) is 10.8. The van der Waals surface area contributed by atoms with Gasteiger partial charge in [0.15, 0.2) is 16.3 Å². The Balaban J connectivity index is 1.59. The summed E-state index contributed by atoms with van der Waals surface area (Å²) in [7, 11) is 0. The predicted octanol–water partition coefficient (Wildman–Crippen LogP) is 6.80. The van der Waals surface area contributed by atoms with Gasteiger partial charge in [0.1, 0.15) is 12.4 Å². The van der Waals surface area contributed by atoms with Crippen molar-refractivity contribution >= 4 is 39.3 Å². The molecule has 45 heavy (non-hydrogen) atoms. The fraction of sp³-hybridized carbons (Fsp3) is 0.286. The third-order valence-corrected chi connectivity index (χ3v) is 8.97. The lowest BCUT2D eigenvalue weighted by Gasteiger charge is -2.25. The Hall–Kier alpha value is -4.02. The van der Waals surface area contributed by atoms with E-state index in [9.17, 15) is 14.0 Å². The van der Waals surface area contributed by atoms with Crippen molar-refractivity contribution in [1.29, 1.82) is 0 Å². The molecule has 234 valence electrons. The highest BCUT2D eigenvalue weighted by Crippen LogP contribution is 2.38. The molecule has 10 heteroatoms. The summed E-state index contributed by atoms with van der Waals surface area (Å²) in [6.45, 7) is 10.2. The number of ether oxygens (including phenoxy) is 3. The molecule has 0 radical (unpaired) electrons. The van der Waals surface area contributed by atoms with Crippen LogP contribution >= 0.6 is 27.3 Å². The van der Waals surface area contributed by atoms with Crippen molar-refractivity contribution in [3.8, 4) is 11.5 Å². The van der Waals surface area contributed by atoms with Crippen LogP contribution in [0.5, 0.6) is 11.5 Å². The van der Waals surface area contributed by atoms with Gasteiger partial charge < -0.3 is 14.2 Å². The van der Waals surface area contributed by atoms with Crippen molar-refractivity contribution in [3.63, 3.8) is 0 Å². The van der Waals surface area contributed by atoms with Crippen molar-refractivity contribution in [2.75, 3.05) is 13.2 Å². The minimum Gasteiger partial charge on any atom is -0.490 e. The number of esters is 1. The highest BCUT2D eigenvalue weighted by Gasteiger charge is 2.33. The van der Waals surface area contributed by atoms with Gasteiger partial charge in [-0.15, -0.1) is 0 Å². The molecule has 3 aromatic carbocycles. The van der Waals surface area contributed by atoms with Crippen LogP contribution in [0.3, 0.4) is 0 Å². The molecule has 0 N–H and O–H groups in total. The number of rotatable bonds is 10. The van der Waals surface area contributed by atoms with Gasteiger partial charge in [-0.1, -0.05) is 67.6 Å². The number of allylic oxidation sites excluding steroid dienone is 1. The minimum absolute atomic E-state index is 0.0175. The van der Waals surface area contributed by atoms with Gasteiger partial charge in [0, 0.05) is 5.56 Å². The summed E-state index contributed by atoms with van der Waals surface area (Å²) < 4.78 is 34.1. The summed E-state index contributed by atoms with van der Waals surface area (Å²) in [6, 6.07) is 17.3. The molecule has 1 aliphatic rings. The maximum atomic E-state index is 14.2. The summed E-state index contributed by atoms with van der Waals surface area (Å²) in [4.78, 5) is 32.4. The van der Waals surface area contributed by atoms with Crippen LogP contribution in [0.4, 0.5) is 4.39 Å². The maximum Gasteiger partial charge on any atom is 0.338 e. The SMILES string of the molecule is CCOC(=O)C1=C(C)N=c2sc(=Cc3cc(Br)c(OCc4ccccc4F)c(OCC)c3)c(=O)n2C1c1ccc(C(C)C)cc1. The number of nitrogens with zero attached hydrogens (tertiary/aromatic N) is 2. The summed E-state index contributed by atoms with van der Waals surface area (Å²) in [5, 5.41) is 0. The molecule has 0 fully saturated rings. The van der Waals surface area contributed by atoms with Gasteiger partial charge in [-0.05, 0) is 83.6 Å². The molecular weight excluding hydrogens is 659 g/mol. The second-order valence-corrected chi connectivity index (χ2v) is 12.6. The lowest BCUT2D eigenvalue weighted by molar-refractivity contribution is -0.139. The Morgan fingerprint density at radius 3 is 2.49 bits per heavy atom. The quantitative estimate of drug-likeness (QED) is 0.171. The third-order valence-electron chi connectivity index (χ3n) is 7.40. The first kappa shape index (κ1) is 32.4. The Morgan fingerprint density at radius 2 is 1.82 bits per heavy atom. The molecule has 1 atom stereocenters. The van der Waals surface area contributed by atoms with Crippen LogP contribution in [0.15, 0.2) is 86.2 Å². The summed E-state index contributed by atoms with van der Waals surface area (Å²) >= 11 is 4.82. The number of aromatic nitrogens is 1. The number of hydrogen-bond donors (Lipinski definition) is 0. The van der Waals surface area contributed by atoms with Crippen LogP contribution < -0.4 is 24.4 Å². The van der Waals surface area contributed by atoms with Crippen molar-refractivity contribution in [3.05, 3.63) is 124 Å². The van der Waals surface area contributed by atoms with E-state index in [1.165, 1.54) is 17.4 Å². The molecule has 0 saturated heterocycles. The minimum atomic E-state index is -0.691. The highest BCUT2D eigenvalue weighted by atomic mass is 79.9. The molecular formula is C35H34BrFN2O5S. The number of carbonyl (C=O) groups is 1. The van der Waals surface area contributed by atoms with Crippen LogP contribution in [0.1, 0.15) is 68.8 Å². The van der Waals surface area contributed by atoms with Crippen molar-refractivity contribution < 1.29 is 23.4 Å². The summed E-state index contributed by atoms with van der Waals surface area (Å²) in [5.41, 5.74) is 3.63. The molecule has 0 amide bonds. The second kappa shape index (κ2) is 14.0. The molecule has 1 aromatic heterocycles. The van der Waals surface area contributed by atoms with E-state index in [1.807, 2.05) is 37.3 Å². The maximum absolute atomic E-state index is 14.2. The topological polar surface area (TPSA) is 79.1 Å². The third kappa shape index (κ3) is 6.82. The summed E-state index contributed by atoms with van der Waals surface area (Å²) in [5.74, 6) is 0.362. The first-order valence-electron chi connectivity index (χ1n) is 14.7. The van der Waals surface area contributed by atoms with E-state index in [-0.39, 0.29) is 24.6 Å². The van der Waals surface area contributed by atoms with E-state index in [1.54, 1.807) is 48.8 Å². The average molecular weight is 694 g/mol. The van der Waals surface area contributed by atoms with E-state index >= 15 is 0 Å². The van der Waals surface area contributed by atoms with Crippen molar-refractivity contribution in [2.45, 2.75) is 53.2 Å². The summed E-state index contributed by atoms with van der Waals surface area (Å²) in [6.07, 6.45) is 1.76. The van der Waals surface area contributed by atoms with Gasteiger partial charge >= 0.3 is 5.97 Å². The smallest absolute Gasteiger partial charge is 0.338 e. The van der Waals surface area contributed by atoms with Gasteiger partial charge in [0.2, 0.25) is 0 Å². The van der Waals surface area contributed by atoms with Crippen molar-refractivity contribution in [2.24, 2.45) is 4.99 Å². The van der Waals surface area contributed by atoms with E-state index in [2.05, 4.69) is 34.8 Å². The number of benzene rings is 3. The average Bonchev–Trinajstić information content (AvgIpc) is 3.30. The van der Waals surface area contributed by atoms with Crippen LogP contribution in [0.25, 0.3) is 6.08 Å². The van der Waals surface area contributed by atoms with Gasteiger partial charge in [-0.3, -0.25) is 9.36 Å². The molecule has 1 unspecified atom stereocenters. The first-order valence-corrected chi connectivity index (χ1v) is 16.4. The number of halogens is 2. The predicted molar refractivity (Wildman–Crippen MR) is 177 cm³/mol. The molecule has 0 bridgehead atoms. The first-order chi connectivity index (χ1) is 21.6. The van der Waals surface area contributed by atoms with Crippen LogP contribution in [-0.4, -0.2) is 23.8 Å². The zero-order chi connectivity index (χ0) is 32.2. The normalized spacial score (nSPS) is 14.8. The highest BCUT2D eigenvalue weighted by molar-refractivity contribution is 9.10. The van der Waals surface area contributed by atoms with Crippen LogP contribution in [0.2, 0.25) is 0 Å². The number of thiazole rings is 1. The molecule has 0 saturated carbocycles. The Morgan fingerprint density at radius 1 is 1.09 bits per heavy atom. The number of fused-ring (bicyclic) bond motifs is 1. The lowest BCUT2D eigenvalue weighted by Crippen LogP contribution is -2.39. The largest absolute Gasteiger partial charge is 0.490 e. The Bertz CT molecular complexity index is 1950. The zero-order valence-electron chi connectivity index (χ0n) is 25.7. The van der Waals surface area contributed by atoms with Crippen LogP contribution in [0, 0.1) is 5.82 Å². The van der Waals surface area contributed by atoms with Gasteiger partial charge in [0.25, 0.3) is 5.56 Å². The molecule has 4 aromatic rings.